The van der Waals surface area contributed by atoms with E-state index in [0.29, 0.717) is 41.5 Å². The van der Waals surface area contributed by atoms with Crippen molar-refractivity contribution in [2.24, 2.45) is 0 Å². The van der Waals surface area contributed by atoms with Crippen molar-refractivity contribution in [3.63, 3.8) is 0 Å². The van der Waals surface area contributed by atoms with E-state index >= 15 is 0 Å². The van der Waals surface area contributed by atoms with Gasteiger partial charge in [-0.1, -0.05) is 24.3 Å². The molecule has 7 heteroatoms. The van der Waals surface area contributed by atoms with Gasteiger partial charge in [-0.2, -0.15) is 0 Å². The maximum absolute atomic E-state index is 12.9. The Morgan fingerprint density at radius 1 is 0.967 bits per heavy atom. The van der Waals surface area contributed by atoms with Gasteiger partial charge in [-0.25, -0.2) is 0 Å². The summed E-state index contributed by atoms with van der Waals surface area (Å²) in [6.45, 7) is 3.10. The Hall–Kier alpha value is -3.87. The lowest BCUT2D eigenvalue weighted by Crippen LogP contribution is -2.26. The number of anilines is 1. The average molecular weight is 403 g/mol. The molecule has 0 bridgehead atoms. The fourth-order valence-corrected chi connectivity index (χ4v) is 3.26. The highest BCUT2D eigenvalue weighted by Crippen LogP contribution is 2.33. The van der Waals surface area contributed by atoms with Crippen molar-refractivity contribution >= 4 is 17.5 Å². The highest BCUT2D eigenvalue weighted by molar-refractivity contribution is 6.09. The number of fused-ring (bicyclic) bond motifs is 1. The number of hydrogen-bond donors (Lipinski definition) is 2. The zero-order valence-corrected chi connectivity index (χ0v) is 16.5. The van der Waals surface area contributed by atoms with Crippen LogP contribution in [-0.2, 0) is 6.54 Å². The topological polar surface area (TPSA) is 89.5 Å². The second-order valence-electron chi connectivity index (χ2n) is 6.81. The third kappa shape index (κ3) is 4.10. The molecule has 152 valence electrons. The Kier molecular flexibility index (Phi) is 5.61. The van der Waals surface area contributed by atoms with Crippen LogP contribution in [0.15, 0.2) is 60.9 Å². The maximum atomic E-state index is 12.9. The van der Waals surface area contributed by atoms with E-state index in [0.717, 1.165) is 11.1 Å². The number of nitrogens with one attached hydrogen (secondary N) is 2. The van der Waals surface area contributed by atoms with Crippen LogP contribution in [0.25, 0.3) is 0 Å². The summed E-state index contributed by atoms with van der Waals surface area (Å²) in [6.07, 6.45) is 3.10. The van der Waals surface area contributed by atoms with E-state index in [1.54, 1.807) is 36.7 Å². The summed E-state index contributed by atoms with van der Waals surface area (Å²) in [4.78, 5) is 29.4. The summed E-state index contributed by atoms with van der Waals surface area (Å²) in [5, 5.41) is 5.76. The van der Waals surface area contributed by atoms with Gasteiger partial charge in [0.25, 0.3) is 11.8 Å². The molecule has 4 rings (SSSR count). The van der Waals surface area contributed by atoms with Crippen LogP contribution in [0, 0.1) is 6.92 Å². The smallest absolute Gasteiger partial charge is 0.255 e. The van der Waals surface area contributed by atoms with Gasteiger partial charge in [0.15, 0.2) is 11.5 Å². The molecule has 2 N–H and O–H groups in total. The number of pyridine rings is 1. The predicted molar refractivity (Wildman–Crippen MR) is 112 cm³/mol. The van der Waals surface area contributed by atoms with E-state index in [-0.39, 0.29) is 18.4 Å². The van der Waals surface area contributed by atoms with E-state index in [2.05, 4.69) is 15.6 Å². The standard InChI is InChI=1S/C23H21N3O4/c1-15-4-2-6-18(20(15)26-22(27)16-8-10-24-11-9-16)23(28)25-14-17-5-3-7-19-21(17)30-13-12-29-19/h2-11H,12-14H2,1H3,(H,25,28)(H,26,27). The molecule has 2 amide bonds. The SMILES string of the molecule is Cc1cccc(C(=O)NCc2cccc3c2OCCO3)c1NC(=O)c1ccncc1. The van der Waals surface area contributed by atoms with Gasteiger partial charge in [-0.3, -0.25) is 14.6 Å². The molecule has 30 heavy (non-hydrogen) atoms. The van der Waals surface area contributed by atoms with Crippen LogP contribution < -0.4 is 20.1 Å². The summed E-state index contributed by atoms with van der Waals surface area (Å²) in [7, 11) is 0. The van der Waals surface area contributed by atoms with Crippen molar-refractivity contribution in [3.05, 3.63) is 83.2 Å². The molecule has 1 aliphatic heterocycles. The van der Waals surface area contributed by atoms with Gasteiger partial charge in [0.1, 0.15) is 13.2 Å². The molecule has 0 atom stereocenters. The summed E-state index contributed by atoms with van der Waals surface area (Å²) in [6, 6.07) is 14.1. The average Bonchev–Trinajstić information content (AvgIpc) is 2.79. The summed E-state index contributed by atoms with van der Waals surface area (Å²) < 4.78 is 11.3. The van der Waals surface area contributed by atoms with E-state index < -0.39 is 0 Å². The normalized spacial score (nSPS) is 12.2. The monoisotopic (exact) mass is 403 g/mol. The van der Waals surface area contributed by atoms with Crippen LogP contribution in [0.3, 0.4) is 0 Å². The molecule has 2 aromatic carbocycles. The van der Waals surface area contributed by atoms with Crippen molar-refractivity contribution in [1.82, 2.24) is 10.3 Å². The van der Waals surface area contributed by atoms with Crippen LogP contribution in [0.4, 0.5) is 5.69 Å². The molecule has 0 unspecified atom stereocenters. The molecule has 0 fully saturated rings. The van der Waals surface area contributed by atoms with Crippen molar-refractivity contribution < 1.29 is 19.1 Å². The Morgan fingerprint density at radius 2 is 1.73 bits per heavy atom. The first-order valence-electron chi connectivity index (χ1n) is 9.60. The number of nitrogens with zero attached hydrogens (tertiary/aromatic N) is 1. The van der Waals surface area contributed by atoms with Crippen LogP contribution in [0.5, 0.6) is 11.5 Å². The number of ether oxygens (including phenoxy) is 2. The highest BCUT2D eigenvalue weighted by Gasteiger charge is 2.19. The zero-order chi connectivity index (χ0) is 20.9. The van der Waals surface area contributed by atoms with E-state index in [9.17, 15) is 9.59 Å². The molecule has 0 aliphatic carbocycles. The molecule has 0 saturated carbocycles. The number of para-hydroxylation sites is 2. The van der Waals surface area contributed by atoms with Gasteiger partial charge in [-0.15, -0.1) is 0 Å². The number of benzene rings is 2. The zero-order valence-electron chi connectivity index (χ0n) is 16.5. The van der Waals surface area contributed by atoms with Crippen LogP contribution in [0.1, 0.15) is 31.8 Å². The Labute approximate surface area is 174 Å². The summed E-state index contributed by atoms with van der Waals surface area (Å²) in [5.74, 6) is 0.731. The molecule has 0 saturated heterocycles. The molecule has 0 spiro atoms. The highest BCUT2D eigenvalue weighted by atomic mass is 16.6. The Balaban J connectivity index is 1.52. The second kappa shape index (κ2) is 8.65. The van der Waals surface area contributed by atoms with E-state index in [1.807, 2.05) is 31.2 Å². The molecule has 3 aromatic rings. The summed E-state index contributed by atoms with van der Waals surface area (Å²) >= 11 is 0. The number of aryl methyl sites for hydroxylation is 1. The van der Waals surface area contributed by atoms with Crippen molar-refractivity contribution in [3.8, 4) is 11.5 Å². The fraction of sp³-hybridized carbons (Fsp3) is 0.174. The molecule has 7 nitrogen and oxygen atoms in total. The van der Waals surface area contributed by atoms with Crippen LogP contribution >= 0.6 is 0 Å². The van der Waals surface area contributed by atoms with Crippen LogP contribution in [-0.4, -0.2) is 30.0 Å². The van der Waals surface area contributed by atoms with Gasteiger partial charge >= 0.3 is 0 Å². The molecule has 2 heterocycles. The van der Waals surface area contributed by atoms with Gasteiger partial charge in [-0.05, 0) is 36.8 Å². The quantitative estimate of drug-likeness (QED) is 0.682. The first kappa shape index (κ1) is 19.4. The lowest BCUT2D eigenvalue weighted by molar-refractivity contribution is 0.0950. The van der Waals surface area contributed by atoms with Gasteiger partial charge in [0, 0.05) is 30.1 Å². The first-order valence-corrected chi connectivity index (χ1v) is 9.60. The second-order valence-corrected chi connectivity index (χ2v) is 6.81. The lowest BCUT2D eigenvalue weighted by atomic mass is 10.1. The third-order valence-corrected chi connectivity index (χ3v) is 4.79. The van der Waals surface area contributed by atoms with Gasteiger partial charge in [0.05, 0.1) is 11.3 Å². The van der Waals surface area contributed by atoms with Crippen molar-refractivity contribution in [2.45, 2.75) is 13.5 Å². The molecule has 1 aromatic heterocycles. The fourth-order valence-electron chi connectivity index (χ4n) is 3.26. The van der Waals surface area contributed by atoms with Gasteiger partial charge in [0.2, 0.25) is 0 Å². The number of carbonyl (C=O) groups is 2. The molecule has 1 aliphatic rings. The first-order chi connectivity index (χ1) is 14.6. The Morgan fingerprint density at radius 3 is 2.57 bits per heavy atom. The largest absolute Gasteiger partial charge is 0.486 e. The number of aromatic nitrogens is 1. The summed E-state index contributed by atoms with van der Waals surface area (Å²) in [5.41, 5.74) is 2.95. The number of rotatable bonds is 5. The number of hydrogen-bond acceptors (Lipinski definition) is 5. The van der Waals surface area contributed by atoms with E-state index in [1.165, 1.54) is 0 Å². The predicted octanol–water partition coefficient (Wildman–Crippen LogP) is 3.34. The lowest BCUT2D eigenvalue weighted by Gasteiger charge is -2.21. The van der Waals surface area contributed by atoms with E-state index in [4.69, 9.17) is 9.47 Å². The minimum absolute atomic E-state index is 0.275. The maximum Gasteiger partial charge on any atom is 0.255 e. The minimum Gasteiger partial charge on any atom is -0.486 e. The van der Waals surface area contributed by atoms with Gasteiger partial charge < -0.3 is 20.1 Å². The van der Waals surface area contributed by atoms with Crippen molar-refractivity contribution in [2.75, 3.05) is 18.5 Å². The molecular formula is C23H21N3O4. The molecular weight excluding hydrogens is 382 g/mol. The number of amides is 2. The third-order valence-electron chi connectivity index (χ3n) is 4.79. The Bertz CT molecular complexity index is 1080. The number of carbonyl (C=O) groups excluding carboxylic acids is 2. The van der Waals surface area contributed by atoms with Crippen LogP contribution in [0.2, 0.25) is 0 Å². The minimum atomic E-state index is -0.302. The van der Waals surface area contributed by atoms with Crippen molar-refractivity contribution in [1.29, 1.82) is 0 Å². The molecule has 0 radical (unpaired) electrons.